The van der Waals surface area contributed by atoms with E-state index >= 15 is 0 Å². The summed E-state index contributed by atoms with van der Waals surface area (Å²) in [6.07, 6.45) is -2.54. The van der Waals surface area contributed by atoms with Gasteiger partial charge < -0.3 is 15.3 Å². The summed E-state index contributed by atoms with van der Waals surface area (Å²) >= 11 is 0. The fourth-order valence-corrected chi connectivity index (χ4v) is 0.253. The van der Waals surface area contributed by atoms with Crippen molar-refractivity contribution in [1.82, 2.24) is 0 Å². The quantitative estimate of drug-likeness (QED) is 0.506. The first-order valence-corrected chi connectivity index (χ1v) is 2.16. The van der Waals surface area contributed by atoms with Crippen molar-refractivity contribution >= 4 is 57.4 Å². The predicted octanol–water partition coefficient (Wildman–Crippen LogP) is -1.47. The molecule has 0 aromatic carbocycles. The number of carboxylic acid groups (broad SMARTS) is 2. The molecule has 10 heavy (non-hydrogen) atoms. The second-order valence-electron chi connectivity index (χ2n) is 1.45. The van der Waals surface area contributed by atoms with Crippen LogP contribution in [0.4, 0.5) is 0 Å². The third kappa shape index (κ3) is 6.50. The maximum atomic E-state index is 9.72. The molecular formula is C4H6O5Sr. The van der Waals surface area contributed by atoms with Crippen molar-refractivity contribution in [3.63, 3.8) is 0 Å². The number of hydrogen-bond acceptors (Lipinski definition) is 3. The van der Waals surface area contributed by atoms with E-state index in [0.717, 1.165) is 0 Å². The van der Waals surface area contributed by atoms with Crippen molar-refractivity contribution in [3.8, 4) is 0 Å². The Labute approximate surface area is 93.9 Å². The second-order valence-corrected chi connectivity index (χ2v) is 1.45. The van der Waals surface area contributed by atoms with Crippen molar-refractivity contribution < 1.29 is 24.9 Å². The molecular weight excluding hydrogens is 216 g/mol. The number of aliphatic hydroxyl groups excluding tert-OH is 1. The second kappa shape index (κ2) is 6.11. The van der Waals surface area contributed by atoms with E-state index in [1.54, 1.807) is 0 Å². The van der Waals surface area contributed by atoms with Gasteiger partial charge in [-0.15, -0.1) is 0 Å². The Morgan fingerprint density at radius 1 is 1.30 bits per heavy atom. The summed E-state index contributed by atoms with van der Waals surface area (Å²) in [7, 11) is 0. The largest absolute Gasteiger partial charge is 0.481 e. The van der Waals surface area contributed by atoms with Crippen LogP contribution in [0.15, 0.2) is 0 Å². The normalized spacial score (nSPS) is 11.3. The van der Waals surface area contributed by atoms with Crippen molar-refractivity contribution in [2.24, 2.45) is 0 Å². The molecule has 6 heteroatoms. The first-order valence-electron chi connectivity index (χ1n) is 2.16. The van der Waals surface area contributed by atoms with Gasteiger partial charge in [0.15, 0.2) is 6.10 Å². The Kier molecular flexibility index (Phi) is 7.95. The molecule has 0 aliphatic heterocycles. The van der Waals surface area contributed by atoms with E-state index < -0.39 is 24.5 Å². The minimum Gasteiger partial charge on any atom is -0.481 e. The van der Waals surface area contributed by atoms with Gasteiger partial charge in [0.1, 0.15) is 0 Å². The summed E-state index contributed by atoms with van der Waals surface area (Å²) in [5.41, 5.74) is 0. The molecule has 0 rings (SSSR count). The fraction of sp³-hybridized carbons (Fsp3) is 0.500. The minimum absolute atomic E-state index is 0. The zero-order valence-corrected chi connectivity index (χ0v) is 8.63. The molecule has 2 radical (unpaired) electrons. The van der Waals surface area contributed by atoms with Gasteiger partial charge in [-0.05, 0) is 0 Å². The molecule has 0 heterocycles. The van der Waals surface area contributed by atoms with Crippen molar-refractivity contribution in [2.75, 3.05) is 0 Å². The molecule has 0 saturated carbocycles. The summed E-state index contributed by atoms with van der Waals surface area (Å²) in [5.74, 6) is -2.85. The Morgan fingerprint density at radius 3 is 1.80 bits per heavy atom. The Hall–Kier alpha value is 0.381. The molecule has 0 fully saturated rings. The zero-order valence-electron chi connectivity index (χ0n) is 5.15. The van der Waals surface area contributed by atoms with Crippen LogP contribution in [0.5, 0.6) is 0 Å². The molecule has 5 nitrogen and oxygen atoms in total. The fourth-order valence-electron chi connectivity index (χ4n) is 0.253. The molecule has 0 aliphatic carbocycles. The number of aliphatic hydroxyl groups is 1. The van der Waals surface area contributed by atoms with Gasteiger partial charge in [-0.2, -0.15) is 0 Å². The molecule has 3 N–H and O–H groups in total. The zero-order chi connectivity index (χ0) is 7.44. The Balaban J connectivity index is 0. The van der Waals surface area contributed by atoms with Crippen LogP contribution in [0.1, 0.15) is 6.42 Å². The smallest absolute Gasteiger partial charge is 0.333 e. The molecule has 0 saturated heterocycles. The summed E-state index contributed by atoms with van der Waals surface area (Å²) in [4.78, 5) is 19.4. The minimum atomic E-state index is -1.79. The van der Waals surface area contributed by atoms with Crippen molar-refractivity contribution in [1.29, 1.82) is 0 Å². The molecule has 0 aromatic heterocycles. The van der Waals surface area contributed by atoms with E-state index in [1.807, 2.05) is 0 Å². The standard InChI is InChI=1S/C4H6O5.Sr/c5-2(4(8)9)1-3(6)7;/h2,5H,1H2,(H,6,7)(H,8,9);. The molecule has 54 valence electrons. The predicted molar refractivity (Wildman–Crippen MR) is 31.6 cm³/mol. The van der Waals surface area contributed by atoms with Crippen LogP contribution in [0.2, 0.25) is 0 Å². The SMILES string of the molecule is O=C(O)CC(O)C(=O)O.[Sr]. The summed E-state index contributed by atoms with van der Waals surface area (Å²) < 4.78 is 0. The van der Waals surface area contributed by atoms with Gasteiger partial charge >= 0.3 is 11.9 Å². The maximum absolute atomic E-state index is 9.72. The summed E-state index contributed by atoms with van der Waals surface area (Å²) in [6, 6.07) is 0. The molecule has 0 aliphatic rings. The molecule has 1 unspecified atom stereocenters. The summed E-state index contributed by atoms with van der Waals surface area (Å²) in [5, 5.41) is 24.1. The molecule has 0 amide bonds. The van der Waals surface area contributed by atoms with Crippen LogP contribution in [0.3, 0.4) is 0 Å². The van der Waals surface area contributed by atoms with Crippen LogP contribution >= 0.6 is 0 Å². The molecule has 0 bridgehead atoms. The Bertz CT molecular complexity index is 134. The van der Waals surface area contributed by atoms with Gasteiger partial charge in [-0.3, -0.25) is 4.79 Å². The first-order chi connectivity index (χ1) is 4.04. The van der Waals surface area contributed by atoms with Crippen LogP contribution in [-0.2, 0) is 9.59 Å². The average Bonchev–Trinajstić information content (AvgIpc) is 1.63. The number of hydrogen-bond donors (Lipinski definition) is 3. The van der Waals surface area contributed by atoms with Crippen molar-refractivity contribution in [2.45, 2.75) is 12.5 Å². The van der Waals surface area contributed by atoms with E-state index in [9.17, 15) is 9.59 Å². The van der Waals surface area contributed by atoms with Gasteiger partial charge in [0.25, 0.3) is 0 Å². The van der Waals surface area contributed by atoms with E-state index in [-0.39, 0.29) is 45.5 Å². The third-order valence-electron chi connectivity index (χ3n) is 0.653. The van der Waals surface area contributed by atoms with Gasteiger partial charge in [-0.25, -0.2) is 4.79 Å². The Morgan fingerprint density at radius 2 is 1.70 bits per heavy atom. The van der Waals surface area contributed by atoms with Crippen LogP contribution in [0, 0.1) is 0 Å². The van der Waals surface area contributed by atoms with Crippen LogP contribution in [-0.4, -0.2) is 78.8 Å². The number of rotatable bonds is 3. The van der Waals surface area contributed by atoms with Gasteiger partial charge in [0, 0.05) is 45.5 Å². The maximum Gasteiger partial charge on any atom is 0.333 e. The van der Waals surface area contributed by atoms with E-state index in [1.165, 1.54) is 0 Å². The topological polar surface area (TPSA) is 94.8 Å². The van der Waals surface area contributed by atoms with Crippen molar-refractivity contribution in [3.05, 3.63) is 0 Å². The number of aliphatic carboxylic acids is 2. The third-order valence-corrected chi connectivity index (χ3v) is 0.653. The average molecular weight is 222 g/mol. The van der Waals surface area contributed by atoms with Crippen LogP contribution < -0.4 is 0 Å². The van der Waals surface area contributed by atoms with E-state index in [0.29, 0.717) is 0 Å². The van der Waals surface area contributed by atoms with E-state index in [4.69, 9.17) is 15.3 Å². The first kappa shape index (κ1) is 13.0. The van der Waals surface area contributed by atoms with Gasteiger partial charge in [-0.1, -0.05) is 0 Å². The number of carboxylic acids is 2. The monoisotopic (exact) mass is 222 g/mol. The molecule has 0 spiro atoms. The van der Waals surface area contributed by atoms with Gasteiger partial charge in [0.2, 0.25) is 0 Å². The van der Waals surface area contributed by atoms with Gasteiger partial charge in [0.05, 0.1) is 6.42 Å². The van der Waals surface area contributed by atoms with E-state index in [2.05, 4.69) is 0 Å². The number of carbonyl (C=O) groups is 2. The molecule has 0 aromatic rings. The summed E-state index contributed by atoms with van der Waals surface area (Å²) in [6.45, 7) is 0. The van der Waals surface area contributed by atoms with Crippen LogP contribution in [0.25, 0.3) is 0 Å². The molecule has 1 atom stereocenters.